The molecule has 6 heteroatoms. The number of alkyl halides is 1. The van der Waals surface area contributed by atoms with Crippen LogP contribution in [-0.2, 0) is 15.3 Å². The average molecular weight is 317 g/mol. The molecule has 1 aromatic rings. The number of aliphatic hydroxyl groups excluding tert-OH is 1. The first-order chi connectivity index (χ1) is 8.63. The molecule has 1 aliphatic heterocycles. The van der Waals surface area contributed by atoms with Crippen LogP contribution in [0.2, 0.25) is 0 Å². The highest BCUT2D eigenvalue weighted by Crippen LogP contribution is 2.36. The lowest BCUT2D eigenvalue weighted by atomic mass is 10.00. The van der Waals surface area contributed by atoms with Crippen LogP contribution in [0.25, 0.3) is 0 Å². The van der Waals surface area contributed by atoms with E-state index in [0.717, 1.165) is 0 Å². The van der Waals surface area contributed by atoms with Gasteiger partial charge >= 0.3 is 5.97 Å². The molecule has 0 aliphatic carbocycles. The molecule has 0 unspecified atom stereocenters. The van der Waals surface area contributed by atoms with E-state index in [1.807, 2.05) is 0 Å². The Morgan fingerprint density at radius 2 is 2.22 bits per heavy atom. The fourth-order valence-electron chi connectivity index (χ4n) is 1.95. The highest BCUT2D eigenvalue weighted by atomic mass is 79.9. The lowest BCUT2D eigenvalue weighted by Gasteiger charge is -2.27. The summed E-state index contributed by atoms with van der Waals surface area (Å²) in [4.78, 5) is 11.2. The van der Waals surface area contributed by atoms with Crippen molar-refractivity contribution in [2.24, 2.45) is 0 Å². The molecule has 0 bridgehead atoms. The van der Waals surface area contributed by atoms with Crippen LogP contribution in [0, 0.1) is 0 Å². The Bertz CT molecular complexity index is 450. The Morgan fingerprint density at radius 1 is 1.50 bits per heavy atom. The molecule has 0 radical (unpaired) electrons. The molecule has 5 nitrogen and oxygen atoms in total. The van der Waals surface area contributed by atoms with Crippen molar-refractivity contribution in [3.63, 3.8) is 0 Å². The number of aliphatic hydroxyl groups is 1. The highest BCUT2D eigenvalue weighted by molar-refractivity contribution is 9.09. The summed E-state index contributed by atoms with van der Waals surface area (Å²) < 4.78 is 11.1. The molecule has 98 valence electrons. The van der Waals surface area contributed by atoms with Crippen LogP contribution >= 0.6 is 15.9 Å². The number of aromatic carboxylic acids is 1. The van der Waals surface area contributed by atoms with Crippen molar-refractivity contribution in [2.75, 3.05) is 18.5 Å². The van der Waals surface area contributed by atoms with E-state index in [1.54, 1.807) is 18.2 Å². The summed E-state index contributed by atoms with van der Waals surface area (Å²) in [5.41, 5.74) is 0.408. The number of hydrogen-bond acceptors (Lipinski definition) is 4. The molecule has 2 N–H and O–H groups in total. The van der Waals surface area contributed by atoms with Crippen molar-refractivity contribution in [3.8, 4) is 0 Å². The number of ether oxygens (including phenoxy) is 2. The Morgan fingerprint density at radius 3 is 2.78 bits per heavy atom. The van der Waals surface area contributed by atoms with Gasteiger partial charge in [-0.05, 0) is 6.07 Å². The average Bonchev–Trinajstić information content (AvgIpc) is 2.83. The van der Waals surface area contributed by atoms with Crippen molar-refractivity contribution >= 4 is 21.9 Å². The van der Waals surface area contributed by atoms with Crippen molar-refractivity contribution in [2.45, 2.75) is 11.9 Å². The van der Waals surface area contributed by atoms with Crippen LogP contribution in [0.15, 0.2) is 24.3 Å². The summed E-state index contributed by atoms with van der Waals surface area (Å²) in [7, 11) is 0. The number of halogens is 1. The van der Waals surface area contributed by atoms with E-state index in [-0.39, 0.29) is 11.7 Å². The van der Waals surface area contributed by atoms with Crippen molar-refractivity contribution in [1.29, 1.82) is 0 Å². The van der Waals surface area contributed by atoms with Gasteiger partial charge in [-0.25, -0.2) is 4.79 Å². The molecule has 0 aromatic heterocycles. The van der Waals surface area contributed by atoms with Gasteiger partial charge in [0.25, 0.3) is 0 Å². The maximum atomic E-state index is 11.2. The van der Waals surface area contributed by atoms with Gasteiger partial charge < -0.3 is 19.7 Å². The van der Waals surface area contributed by atoms with Gasteiger partial charge in [-0.2, -0.15) is 0 Å². The molecule has 2 atom stereocenters. The monoisotopic (exact) mass is 316 g/mol. The van der Waals surface area contributed by atoms with Crippen molar-refractivity contribution in [3.05, 3.63) is 35.4 Å². The topological polar surface area (TPSA) is 76.0 Å². The minimum Gasteiger partial charge on any atom is -0.478 e. The van der Waals surface area contributed by atoms with Crippen LogP contribution in [-0.4, -0.2) is 40.8 Å². The number of carboxylic acid groups (broad SMARTS) is 1. The second kappa shape index (κ2) is 5.36. The summed E-state index contributed by atoms with van der Waals surface area (Å²) in [6.07, 6.45) is -0.209. The van der Waals surface area contributed by atoms with Gasteiger partial charge in [-0.15, -0.1) is 0 Å². The van der Waals surface area contributed by atoms with Crippen LogP contribution in [0.5, 0.6) is 0 Å². The van der Waals surface area contributed by atoms with E-state index in [1.165, 1.54) is 6.07 Å². The zero-order valence-corrected chi connectivity index (χ0v) is 11.1. The number of hydrogen-bond donors (Lipinski definition) is 2. The van der Waals surface area contributed by atoms with Crippen LogP contribution in [0.1, 0.15) is 15.9 Å². The summed E-state index contributed by atoms with van der Waals surface area (Å²) in [5.74, 6) is -2.46. The molecule has 0 spiro atoms. The van der Waals surface area contributed by atoms with Gasteiger partial charge in [0.1, 0.15) is 6.61 Å². The van der Waals surface area contributed by atoms with Crippen molar-refractivity contribution < 1.29 is 24.5 Å². The van der Waals surface area contributed by atoms with Crippen LogP contribution in [0.3, 0.4) is 0 Å². The standard InChI is InChI=1S/C12H13BrO5/c13-5-8-6-17-12(7-14,18-8)10-4-2-1-3-9(10)11(15)16/h1-4,8,14H,5-7H2,(H,15,16)/t8-,12+/m1/s1. The van der Waals surface area contributed by atoms with Gasteiger partial charge in [0.15, 0.2) is 0 Å². The molecule has 1 heterocycles. The van der Waals surface area contributed by atoms with E-state index < -0.39 is 18.4 Å². The highest BCUT2D eigenvalue weighted by Gasteiger charge is 2.44. The Kier molecular flexibility index (Phi) is 4.01. The minimum absolute atomic E-state index is 0.0711. The maximum absolute atomic E-state index is 11.2. The number of carbonyl (C=O) groups is 1. The summed E-state index contributed by atoms with van der Waals surface area (Å²) in [6.45, 7) is -0.124. The van der Waals surface area contributed by atoms with E-state index in [4.69, 9.17) is 14.6 Å². The Balaban J connectivity index is 2.42. The smallest absolute Gasteiger partial charge is 0.336 e. The number of benzene rings is 1. The third-order valence-electron chi connectivity index (χ3n) is 2.81. The fourth-order valence-corrected chi connectivity index (χ4v) is 2.27. The first kappa shape index (κ1) is 13.5. The third-order valence-corrected chi connectivity index (χ3v) is 3.53. The fraction of sp³-hybridized carbons (Fsp3) is 0.417. The van der Waals surface area contributed by atoms with Gasteiger partial charge in [-0.3, -0.25) is 0 Å². The third kappa shape index (κ3) is 2.29. The van der Waals surface area contributed by atoms with E-state index >= 15 is 0 Å². The second-order valence-electron chi connectivity index (χ2n) is 3.97. The molecule has 1 aromatic carbocycles. The molecule has 1 saturated heterocycles. The Hall–Kier alpha value is -0.950. The Labute approximate surface area is 112 Å². The van der Waals surface area contributed by atoms with Gasteiger partial charge in [0, 0.05) is 10.9 Å². The number of carboxylic acids is 1. The summed E-state index contributed by atoms with van der Waals surface area (Å²) in [6, 6.07) is 6.36. The lowest BCUT2D eigenvalue weighted by molar-refractivity contribution is -0.199. The first-order valence-electron chi connectivity index (χ1n) is 5.44. The molecular weight excluding hydrogens is 304 g/mol. The lowest BCUT2D eigenvalue weighted by Crippen LogP contribution is -2.34. The van der Waals surface area contributed by atoms with Gasteiger partial charge in [0.2, 0.25) is 5.79 Å². The van der Waals surface area contributed by atoms with Gasteiger partial charge in [-0.1, -0.05) is 34.1 Å². The van der Waals surface area contributed by atoms with Crippen molar-refractivity contribution in [1.82, 2.24) is 0 Å². The van der Waals surface area contributed by atoms with E-state index in [9.17, 15) is 9.90 Å². The normalized spacial score (nSPS) is 27.3. The predicted octanol–water partition coefficient (Wildman–Crippen LogP) is 1.34. The largest absolute Gasteiger partial charge is 0.478 e. The van der Waals surface area contributed by atoms with Crippen LogP contribution < -0.4 is 0 Å². The number of rotatable bonds is 4. The summed E-state index contributed by atoms with van der Waals surface area (Å²) in [5, 5.41) is 19.2. The molecule has 18 heavy (non-hydrogen) atoms. The minimum atomic E-state index is -1.38. The molecule has 1 aliphatic rings. The zero-order valence-electron chi connectivity index (χ0n) is 9.51. The second-order valence-corrected chi connectivity index (χ2v) is 4.61. The van der Waals surface area contributed by atoms with Crippen LogP contribution in [0.4, 0.5) is 0 Å². The molecule has 1 fully saturated rings. The molecular formula is C12H13BrO5. The molecule has 0 saturated carbocycles. The van der Waals surface area contributed by atoms with E-state index in [2.05, 4.69) is 15.9 Å². The SMILES string of the molecule is O=C(O)c1ccccc1[C@@]1(CO)OC[C@@H](CBr)O1. The maximum Gasteiger partial charge on any atom is 0.336 e. The van der Waals surface area contributed by atoms with Gasteiger partial charge in [0.05, 0.1) is 18.3 Å². The first-order valence-corrected chi connectivity index (χ1v) is 6.56. The van der Waals surface area contributed by atoms with E-state index in [0.29, 0.717) is 17.5 Å². The molecule has 2 rings (SSSR count). The summed E-state index contributed by atoms with van der Waals surface area (Å²) >= 11 is 3.27. The quantitative estimate of drug-likeness (QED) is 0.820. The molecule has 0 amide bonds. The predicted molar refractivity (Wildman–Crippen MR) is 66.8 cm³/mol. The zero-order chi connectivity index (χ0) is 13.2.